The summed E-state index contributed by atoms with van der Waals surface area (Å²) < 4.78 is 25.3. The molecule has 0 heterocycles. The maximum Gasteiger partial charge on any atom is 0.232 e. The van der Waals surface area contributed by atoms with E-state index in [1.165, 1.54) is 28.9 Å². The second-order valence-electron chi connectivity index (χ2n) is 6.09. The van der Waals surface area contributed by atoms with Crippen LogP contribution in [-0.2, 0) is 14.8 Å². The van der Waals surface area contributed by atoms with Gasteiger partial charge in [-0.1, -0.05) is 42.5 Å². The number of nitrogens with one attached hydrogen (secondary N) is 1. The summed E-state index contributed by atoms with van der Waals surface area (Å²) in [6.45, 7) is 0.375. The second-order valence-corrected chi connectivity index (χ2v) is 8.87. The summed E-state index contributed by atoms with van der Waals surface area (Å²) in [6.07, 6.45) is 6.27. The van der Waals surface area contributed by atoms with Crippen molar-refractivity contribution < 1.29 is 13.2 Å². The van der Waals surface area contributed by atoms with Crippen LogP contribution in [0.1, 0.15) is 32.1 Å². The largest absolute Gasteiger partial charge is 0.354 e. The van der Waals surface area contributed by atoms with E-state index >= 15 is 0 Å². The van der Waals surface area contributed by atoms with Crippen molar-refractivity contribution >= 4 is 44.8 Å². The fourth-order valence-corrected chi connectivity index (χ4v) is 4.39. The van der Waals surface area contributed by atoms with Crippen molar-refractivity contribution in [2.45, 2.75) is 32.1 Å². The van der Waals surface area contributed by atoms with Crippen LogP contribution in [0.3, 0.4) is 0 Å². The van der Waals surface area contributed by atoms with Crippen LogP contribution in [-0.4, -0.2) is 33.7 Å². The van der Waals surface area contributed by atoms with Crippen LogP contribution >= 0.6 is 23.2 Å². The third kappa shape index (κ3) is 5.53. The molecular weight excluding hydrogens is 371 g/mol. The van der Waals surface area contributed by atoms with Crippen LogP contribution in [0.25, 0.3) is 0 Å². The molecule has 1 N–H and O–H groups in total. The van der Waals surface area contributed by atoms with Crippen LogP contribution in [0, 0.1) is 5.92 Å². The van der Waals surface area contributed by atoms with E-state index in [2.05, 4.69) is 5.32 Å². The number of carbonyl (C=O) groups excluding carboxylic acids is 1. The zero-order valence-electron chi connectivity index (χ0n) is 13.6. The molecule has 1 fully saturated rings. The topological polar surface area (TPSA) is 66.5 Å². The molecule has 0 saturated heterocycles. The molecule has 0 aliphatic heterocycles. The minimum Gasteiger partial charge on any atom is -0.354 e. The number of halogens is 2. The van der Waals surface area contributed by atoms with Crippen LogP contribution in [0.2, 0.25) is 10.0 Å². The van der Waals surface area contributed by atoms with Crippen LogP contribution in [0.4, 0.5) is 5.69 Å². The van der Waals surface area contributed by atoms with Gasteiger partial charge in [0.15, 0.2) is 0 Å². The predicted octanol–water partition coefficient (Wildman–Crippen LogP) is 3.46. The first-order chi connectivity index (χ1) is 11.3. The normalized spacial score (nSPS) is 16.0. The molecule has 1 aromatic carbocycles. The highest BCUT2D eigenvalue weighted by Crippen LogP contribution is 2.27. The van der Waals surface area contributed by atoms with Gasteiger partial charge >= 0.3 is 0 Å². The Labute approximate surface area is 153 Å². The van der Waals surface area contributed by atoms with Gasteiger partial charge in [0.2, 0.25) is 15.9 Å². The minimum absolute atomic E-state index is 0.00674. The standard InChI is InChI=1S/C16H22Cl2N2O3S/c1-24(22,23)20(15-10-13(17)9-14(18)11-15)8-7-19-16(21)12-5-3-2-4-6-12/h9-12H,2-8H2,1H3,(H,19,21). The van der Waals surface area contributed by atoms with E-state index in [-0.39, 0.29) is 24.9 Å². The smallest absolute Gasteiger partial charge is 0.232 e. The molecular formula is C16H22Cl2N2O3S. The van der Waals surface area contributed by atoms with E-state index in [1.54, 1.807) is 0 Å². The lowest BCUT2D eigenvalue weighted by Crippen LogP contribution is -2.40. The number of carbonyl (C=O) groups is 1. The average Bonchev–Trinajstić information content (AvgIpc) is 2.50. The maximum absolute atomic E-state index is 12.2. The molecule has 2 rings (SSSR count). The van der Waals surface area contributed by atoms with Gasteiger partial charge in [-0.05, 0) is 31.0 Å². The van der Waals surface area contributed by atoms with Gasteiger partial charge < -0.3 is 5.32 Å². The average molecular weight is 393 g/mol. The van der Waals surface area contributed by atoms with Crippen LogP contribution in [0.5, 0.6) is 0 Å². The first-order valence-corrected chi connectivity index (χ1v) is 10.6. The lowest BCUT2D eigenvalue weighted by molar-refractivity contribution is -0.125. The summed E-state index contributed by atoms with van der Waals surface area (Å²) in [7, 11) is -3.51. The first-order valence-electron chi connectivity index (χ1n) is 7.99. The first kappa shape index (κ1) is 19.3. The molecule has 1 aliphatic rings. The summed E-state index contributed by atoms with van der Waals surface area (Å²) in [5, 5.41) is 3.56. The molecule has 8 heteroatoms. The van der Waals surface area contributed by atoms with E-state index in [4.69, 9.17) is 23.2 Å². The minimum atomic E-state index is -3.51. The Balaban J connectivity index is 2.01. The van der Waals surface area contributed by atoms with Gasteiger partial charge in [-0.25, -0.2) is 8.42 Å². The van der Waals surface area contributed by atoms with Gasteiger partial charge in [0.05, 0.1) is 18.5 Å². The van der Waals surface area contributed by atoms with Gasteiger partial charge in [0.25, 0.3) is 0 Å². The Kier molecular flexibility index (Phi) is 6.78. The Hall–Kier alpha value is -0.980. The third-order valence-electron chi connectivity index (χ3n) is 4.13. The molecule has 0 radical (unpaired) electrons. The summed E-state index contributed by atoms with van der Waals surface area (Å²) in [4.78, 5) is 12.2. The molecule has 24 heavy (non-hydrogen) atoms. The Morgan fingerprint density at radius 1 is 1.17 bits per heavy atom. The van der Waals surface area contributed by atoms with E-state index in [9.17, 15) is 13.2 Å². The lowest BCUT2D eigenvalue weighted by atomic mass is 9.89. The highest BCUT2D eigenvalue weighted by molar-refractivity contribution is 7.92. The summed E-state index contributed by atoms with van der Waals surface area (Å²) >= 11 is 11.9. The number of amides is 1. The molecule has 134 valence electrons. The van der Waals surface area contributed by atoms with E-state index < -0.39 is 10.0 Å². The second kappa shape index (κ2) is 8.41. The molecule has 0 aromatic heterocycles. The molecule has 1 amide bonds. The molecule has 0 bridgehead atoms. The van der Waals surface area contributed by atoms with Gasteiger partial charge in [-0.2, -0.15) is 0 Å². The van der Waals surface area contributed by atoms with Crippen molar-refractivity contribution in [3.63, 3.8) is 0 Å². The van der Waals surface area contributed by atoms with Crippen LogP contribution < -0.4 is 9.62 Å². The number of anilines is 1. The molecule has 1 aromatic rings. The number of nitrogens with zero attached hydrogens (tertiary/aromatic N) is 1. The lowest BCUT2D eigenvalue weighted by Gasteiger charge is -2.24. The summed E-state index contributed by atoms with van der Waals surface area (Å²) in [5.74, 6) is 0.0540. The maximum atomic E-state index is 12.2. The van der Waals surface area contributed by atoms with Crippen molar-refractivity contribution in [1.29, 1.82) is 0 Å². The zero-order valence-corrected chi connectivity index (χ0v) is 15.9. The fourth-order valence-electron chi connectivity index (χ4n) is 2.96. The van der Waals surface area contributed by atoms with Crippen LogP contribution in [0.15, 0.2) is 18.2 Å². The molecule has 0 atom stereocenters. The Bertz CT molecular complexity index is 668. The Morgan fingerprint density at radius 3 is 2.29 bits per heavy atom. The number of benzene rings is 1. The third-order valence-corrected chi connectivity index (χ3v) is 5.76. The van der Waals surface area contributed by atoms with Gasteiger partial charge in [-0.15, -0.1) is 0 Å². The van der Waals surface area contributed by atoms with Crippen molar-refractivity contribution in [3.05, 3.63) is 28.2 Å². The molecule has 5 nitrogen and oxygen atoms in total. The zero-order chi connectivity index (χ0) is 17.7. The predicted molar refractivity (Wildman–Crippen MR) is 98.2 cm³/mol. The highest BCUT2D eigenvalue weighted by Gasteiger charge is 2.22. The fraction of sp³-hybridized carbons (Fsp3) is 0.562. The SMILES string of the molecule is CS(=O)(=O)N(CCNC(=O)C1CCCCC1)c1cc(Cl)cc(Cl)c1. The van der Waals surface area contributed by atoms with E-state index in [1.807, 2.05) is 0 Å². The quantitative estimate of drug-likeness (QED) is 0.805. The Morgan fingerprint density at radius 2 is 1.75 bits per heavy atom. The number of hydrogen-bond donors (Lipinski definition) is 1. The van der Waals surface area contributed by atoms with Crippen molar-refractivity contribution in [3.8, 4) is 0 Å². The molecule has 0 unspecified atom stereocenters. The molecule has 1 saturated carbocycles. The number of sulfonamides is 1. The van der Waals surface area contributed by atoms with Gasteiger partial charge in [0.1, 0.15) is 0 Å². The van der Waals surface area contributed by atoms with E-state index in [0.717, 1.165) is 31.9 Å². The van der Waals surface area contributed by atoms with Gasteiger partial charge in [-0.3, -0.25) is 9.10 Å². The van der Waals surface area contributed by atoms with E-state index in [0.29, 0.717) is 15.7 Å². The molecule has 1 aliphatic carbocycles. The summed E-state index contributed by atoms with van der Waals surface area (Å²) in [6, 6.07) is 4.62. The van der Waals surface area contributed by atoms with Crippen molar-refractivity contribution in [1.82, 2.24) is 5.32 Å². The highest BCUT2D eigenvalue weighted by atomic mass is 35.5. The monoisotopic (exact) mass is 392 g/mol. The van der Waals surface area contributed by atoms with Gasteiger partial charge in [0, 0.05) is 22.5 Å². The number of rotatable bonds is 6. The van der Waals surface area contributed by atoms with Crippen molar-refractivity contribution in [2.75, 3.05) is 23.7 Å². The summed E-state index contributed by atoms with van der Waals surface area (Å²) in [5.41, 5.74) is 0.391. The van der Waals surface area contributed by atoms with Crippen molar-refractivity contribution in [2.24, 2.45) is 5.92 Å². The number of hydrogen-bond acceptors (Lipinski definition) is 3. The molecule has 0 spiro atoms.